The lowest BCUT2D eigenvalue weighted by Crippen LogP contribution is -2.37. The molecule has 0 unspecified atom stereocenters. The topological polar surface area (TPSA) is 29.5 Å². The highest BCUT2D eigenvalue weighted by molar-refractivity contribution is 7.99. The second kappa shape index (κ2) is 7.96. The summed E-state index contributed by atoms with van der Waals surface area (Å²) in [5.41, 5.74) is 0. The van der Waals surface area contributed by atoms with Crippen LogP contribution in [0.3, 0.4) is 0 Å². The molecule has 0 saturated carbocycles. The van der Waals surface area contributed by atoms with Crippen LogP contribution in [0, 0.1) is 5.92 Å². The number of carbonyl (C=O) groups is 1. The monoisotopic (exact) mass is 245 g/mol. The fourth-order valence-electron chi connectivity index (χ4n) is 2.09. The summed E-state index contributed by atoms with van der Waals surface area (Å²) in [5, 5.41) is 0. The fourth-order valence-corrected chi connectivity index (χ4v) is 2.72. The van der Waals surface area contributed by atoms with E-state index in [1.54, 1.807) is 0 Å². The first-order valence-corrected chi connectivity index (χ1v) is 7.31. The highest BCUT2D eigenvalue weighted by atomic mass is 32.2. The van der Waals surface area contributed by atoms with Crippen molar-refractivity contribution in [3.8, 4) is 0 Å². The van der Waals surface area contributed by atoms with Crippen molar-refractivity contribution in [2.24, 2.45) is 5.92 Å². The van der Waals surface area contributed by atoms with Crippen LogP contribution in [0.15, 0.2) is 0 Å². The van der Waals surface area contributed by atoms with Crippen molar-refractivity contribution in [1.82, 2.24) is 4.90 Å². The summed E-state index contributed by atoms with van der Waals surface area (Å²) in [6, 6.07) is 0. The quantitative estimate of drug-likeness (QED) is 0.529. The summed E-state index contributed by atoms with van der Waals surface area (Å²) < 4.78 is 4.78. The predicted octanol–water partition coefficient (Wildman–Crippen LogP) is 2.01. The number of ether oxygens (including phenoxy) is 1. The van der Waals surface area contributed by atoms with Crippen LogP contribution in [-0.4, -0.2) is 49.1 Å². The van der Waals surface area contributed by atoms with Gasteiger partial charge in [-0.2, -0.15) is 11.8 Å². The van der Waals surface area contributed by atoms with Crippen LogP contribution in [0.25, 0.3) is 0 Å². The Morgan fingerprint density at radius 3 is 2.69 bits per heavy atom. The van der Waals surface area contributed by atoms with Crippen molar-refractivity contribution in [2.75, 3.05) is 38.2 Å². The molecule has 0 aromatic heterocycles. The van der Waals surface area contributed by atoms with Crippen LogP contribution >= 0.6 is 11.8 Å². The first-order valence-electron chi connectivity index (χ1n) is 6.15. The molecule has 4 heteroatoms. The van der Waals surface area contributed by atoms with E-state index in [-0.39, 0.29) is 11.9 Å². The highest BCUT2D eigenvalue weighted by Gasteiger charge is 2.24. The standard InChI is InChI=1S/C12H23NO2S/c1-3-16-10-4-7-13-8-5-11(6-9-13)12(14)15-2/h11H,3-10H2,1-2H3. The fraction of sp³-hybridized carbons (Fsp3) is 0.917. The Labute approximate surface area is 103 Å². The number of thioether (sulfide) groups is 1. The zero-order chi connectivity index (χ0) is 11.8. The van der Waals surface area contributed by atoms with Gasteiger partial charge in [0, 0.05) is 0 Å². The van der Waals surface area contributed by atoms with Gasteiger partial charge >= 0.3 is 5.97 Å². The third-order valence-corrected chi connectivity index (χ3v) is 4.07. The molecule has 94 valence electrons. The van der Waals surface area contributed by atoms with E-state index < -0.39 is 0 Å². The second-order valence-electron chi connectivity index (χ2n) is 4.19. The van der Waals surface area contributed by atoms with Gasteiger partial charge in [0.2, 0.25) is 0 Å². The van der Waals surface area contributed by atoms with Gasteiger partial charge < -0.3 is 9.64 Å². The summed E-state index contributed by atoms with van der Waals surface area (Å²) in [6.45, 7) is 5.49. The number of methoxy groups -OCH3 is 1. The number of esters is 1. The molecule has 1 heterocycles. The number of carbonyl (C=O) groups excluding carboxylic acids is 1. The Morgan fingerprint density at radius 2 is 2.12 bits per heavy atom. The molecule has 1 saturated heterocycles. The van der Waals surface area contributed by atoms with E-state index in [1.807, 2.05) is 11.8 Å². The van der Waals surface area contributed by atoms with E-state index in [4.69, 9.17) is 4.74 Å². The molecule has 1 fully saturated rings. The minimum Gasteiger partial charge on any atom is -0.469 e. The van der Waals surface area contributed by atoms with Crippen molar-refractivity contribution in [3.05, 3.63) is 0 Å². The molecule has 1 aliphatic rings. The van der Waals surface area contributed by atoms with Gasteiger partial charge in [0.25, 0.3) is 0 Å². The van der Waals surface area contributed by atoms with E-state index in [1.165, 1.54) is 31.6 Å². The van der Waals surface area contributed by atoms with Gasteiger partial charge in [-0.1, -0.05) is 6.92 Å². The van der Waals surface area contributed by atoms with Crippen molar-refractivity contribution >= 4 is 17.7 Å². The Kier molecular flexibility index (Phi) is 6.88. The molecule has 0 aromatic rings. The van der Waals surface area contributed by atoms with Crippen LogP contribution in [0.4, 0.5) is 0 Å². The summed E-state index contributed by atoms with van der Waals surface area (Å²) in [5.74, 6) is 2.59. The molecule has 16 heavy (non-hydrogen) atoms. The Balaban J connectivity index is 2.10. The molecule has 0 bridgehead atoms. The minimum atomic E-state index is -0.0267. The molecule has 0 spiro atoms. The Hall–Kier alpha value is -0.220. The zero-order valence-corrected chi connectivity index (χ0v) is 11.2. The lowest BCUT2D eigenvalue weighted by atomic mass is 9.97. The molecule has 0 N–H and O–H groups in total. The van der Waals surface area contributed by atoms with Gasteiger partial charge in [0.05, 0.1) is 13.0 Å². The highest BCUT2D eigenvalue weighted by Crippen LogP contribution is 2.18. The Bertz CT molecular complexity index is 203. The van der Waals surface area contributed by atoms with E-state index in [2.05, 4.69) is 11.8 Å². The first kappa shape index (κ1) is 13.8. The molecule has 0 aromatic carbocycles. The maximum atomic E-state index is 11.3. The zero-order valence-electron chi connectivity index (χ0n) is 10.4. The second-order valence-corrected chi connectivity index (χ2v) is 5.58. The molecule has 1 aliphatic heterocycles. The van der Waals surface area contributed by atoms with E-state index in [0.717, 1.165) is 25.9 Å². The average Bonchev–Trinajstić information content (AvgIpc) is 2.34. The average molecular weight is 245 g/mol. The summed E-state index contributed by atoms with van der Waals surface area (Å²) in [6.07, 6.45) is 3.20. The van der Waals surface area contributed by atoms with E-state index in [9.17, 15) is 4.79 Å². The van der Waals surface area contributed by atoms with Crippen LogP contribution in [-0.2, 0) is 9.53 Å². The van der Waals surface area contributed by atoms with Crippen molar-refractivity contribution in [3.63, 3.8) is 0 Å². The van der Waals surface area contributed by atoms with Gasteiger partial charge in [-0.3, -0.25) is 4.79 Å². The summed E-state index contributed by atoms with van der Waals surface area (Å²) >= 11 is 2.00. The first-order chi connectivity index (χ1) is 7.77. The number of piperidine rings is 1. The molecule has 0 amide bonds. The number of rotatable bonds is 6. The normalized spacial score (nSPS) is 18.6. The summed E-state index contributed by atoms with van der Waals surface area (Å²) in [7, 11) is 1.48. The van der Waals surface area contributed by atoms with Crippen molar-refractivity contribution < 1.29 is 9.53 Å². The third kappa shape index (κ3) is 4.74. The number of hydrogen-bond donors (Lipinski definition) is 0. The minimum absolute atomic E-state index is 0.0267. The number of nitrogens with zero attached hydrogens (tertiary/aromatic N) is 1. The lowest BCUT2D eigenvalue weighted by molar-refractivity contribution is -0.147. The summed E-state index contributed by atoms with van der Waals surface area (Å²) in [4.78, 5) is 13.8. The van der Waals surface area contributed by atoms with Crippen molar-refractivity contribution in [1.29, 1.82) is 0 Å². The molecule has 0 radical (unpaired) electrons. The largest absolute Gasteiger partial charge is 0.469 e. The maximum Gasteiger partial charge on any atom is 0.308 e. The lowest BCUT2D eigenvalue weighted by Gasteiger charge is -2.30. The molecular formula is C12H23NO2S. The SMILES string of the molecule is CCSCCCN1CCC(C(=O)OC)CC1. The van der Waals surface area contributed by atoms with Crippen LogP contribution in [0.5, 0.6) is 0 Å². The molecular weight excluding hydrogens is 222 g/mol. The van der Waals surface area contributed by atoms with Gasteiger partial charge in [-0.15, -0.1) is 0 Å². The van der Waals surface area contributed by atoms with Gasteiger partial charge in [0.1, 0.15) is 0 Å². The van der Waals surface area contributed by atoms with Gasteiger partial charge in [0.15, 0.2) is 0 Å². The maximum absolute atomic E-state index is 11.3. The third-order valence-electron chi connectivity index (χ3n) is 3.09. The van der Waals surface area contributed by atoms with Gasteiger partial charge in [-0.05, 0) is 50.4 Å². The Morgan fingerprint density at radius 1 is 1.44 bits per heavy atom. The van der Waals surface area contributed by atoms with Gasteiger partial charge in [-0.25, -0.2) is 0 Å². The molecule has 3 nitrogen and oxygen atoms in total. The predicted molar refractivity (Wildman–Crippen MR) is 68.8 cm³/mol. The molecule has 0 aliphatic carbocycles. The van der Waals surface area contributed by atoms with E-state index in [0.29, 0.717) is 0 Å². The van der Waals surface area contributed by atoms with Crippen LogP contribution in [0.1, 0.15) is 26.2 Å². The molecule has 1 rings (SSSR count). The smallest absolute Gasteiger partial charge is 0.308 e. The number of likely N-dealkylation sites (tertiary alicyclic amines) is 1. The number of hydrogen-bond acceptors (Lipinski definition) is 4. The molecule has 0 atom stereocenters. The van der Waals surface area contributed by atoms with Crippen molar-refractivity contribution in [2.45, 2.75) is 26.2 Å². The van der Waals surface area contributed by atoms with E-state index >= 15 is 0 Å². The van der Waals surface area contributed by atoms with Crippen LogP contribution in [0.2, 0.25) is 0 Å². The van der Waals surface area contributed by atoms with Crippen LogP contribution < -0.4 is 0 Å².